The molecule has 7 rings (SSSR count). The fraction of sp³-hybridized carbons (Fsp3) is 0.344. The molecule has 0 aliphatic carbocycles. The minimum absolute atomic E-state index is 0.0757. The van der Waals surface area contributed by atoms with Gasteiger partial charge in [0.2, 0.25) is 0 Å². The van der Waals surface area contributed by atoms with E-state index in [0.29, 0.717) is 40.5 Å². The standard InChI is InChI=1S/C36H42N2O9.C28H30O4/c1-37-21-23-38(24-22-37)29-11-17-32(18-12-29)47-36(42)28-9-15-31(16-10-28)46-35(41)27-7-13-30(14-8-27)45-34(40)20-19-33(39)44-26-6-4-3-5-25-43-2;1-3-4-5-6-7-8-22-11-15-24(16-12-22)28(30)32-26-19-17-25(18-20-26)31-27(29)23-13-9-21(2)10-14-23/h7-18H,3-6,19-26H2,1-2H3;9-20H,3-8H2,1-2H3. The smallest absolute Gasteiger partial charge is 0.343 e. The number of hydrogen-bond acceptors (Lipinski definition) is 15. The van der Waals surface area contributed by atoms with Gasteiger partial charge in [-0.2, -0.15) is 0 Å². The molecule has 6 aromatic rings. The zero-order valence-electron chi connectivity index (χ0n) is 45.8. The van der Waals surface area contributed by atoms with Crippen molar-refractivity contribution in [2.45, 2.75) is 90.9 Å². The quantitative estimate of drug-likeness (QED) is 0.0285. The molecular formula is C64H72N2O13. The maximum atomic E-state index is 12.7. The number of methoxy groups -OCH3 is 1. The Hall–Kier alpha value is -8.14. The van der Waals surface area contributed by atoms with Crippen molar-refractivity contribution >= 4 is 41.5 Å². The highest BCUT2D eigenvalue weighted by Gasteiger charge is 2.17. The van der Waals surface area contributed by atoms with Gasteiger partial charge in [-0.25, -0.2) is 19.2 Å². The van der Waals surface area contributed by atoms with Crippen molar-refractivity contribution in [3.05, 3.63) is 179 Å². The number of nitrogens with zero attached hydrogens (tertiary/aromatic N) is 2. The molecule has 79 heavy (non-hydrogen) atoms. The van der Waals surface area contributed by atoms with Crippen molar-refractivity contribution in [3.8, 4) is 28.7 Å². The first-order valence-electron chi connectivity index (χ1n) is 27.1. The number of carbonyl (C=O) groups excluding carboxylic acids is 6. The van der Waals surface area contributed by atoms with Crippen molar-refractivity contribution in [2.24, 2.45) is 0 Å². The van der Waals surface area contributed by atoms with Crippen molar-refractivity contribution in [1.82, 2.24) is 4.90 Å². The predicted octanol–water partition coefficient (Wildman–Crippen LogP) is 12.3. The lowest BCUT2D eigenvalue weighted by molar-refractivity contribution is -0.147. The van der Waals surface area contributed by atoms with Crippen LogP contribution < -0.4 is 28.6 Å². The lowest BCUT2D eigenvalue weighted by Gasteiger charge is -2.34. The SMILES string of the molecule is CCCCCCCc1ccc(C(=O)Oc2ccc(OC(=O)c3ccc(C)cc3)cc2)cc1.COCCCCCCOC(=O)CCC(=O)Oc1ccc(C(=O)Oc2ccc(C(=O)Oc3ccc(N4CCN(C)CC4)cc3)cc2)cc1. The second-order valence-electron chi connectivity index (χ2n) is 19.2. The molecule has 1 saturated heterocycles. The Labute approximate surface area is 463 Å². The van der Waals surface area contributed by atoms with Crippen LogP contribution in [0.25, 0.3) is 0 Å². The molecule has 0 atom stereocenters. The van der Waals surface area contributed by atoms with E-state index in [-0.39, 0.29) is 29.9 Å². The van der Waals surface area contributed by atoms with Gasteiger partial charge in [0.15, 0.2) is 0 Å². The molecule has 0 aromatic heterocycles. The van der Waals surface area contributed by atoms with Crippen LogP contribution in [0, 0.1) is 6.92 Å². The summed E-state index contributed by atoms with van der Waals surface area (Å²) < 4.78 is 37.2. The normalized spacial score (nSPS) is 12.1. The Morgan fingerprint density at radius 3 is 1.27 bits per heavy atom. The average Bonchev–Trinajstić information content (AvgIpc) is 3.46. The van der Waals surface area contributed by atoms with E-state index in [1.54, 1.807) is 67.8 Å². The van der Waals surface area contributed by atoms with E-state index >= 15 is 0 Å². The number of aryl methyl sites for hydroxylation is 2. The van der Waals surface area contributed by atoms with Gasteiger partial charge in [0.25, 0.3) is 0 Å². The van der Waals surface area contributed by atoms with Crippen molar-refractivity contribution in [1.29, 1.82) is 0 Å². The fourth-order valence-corrected chi connectivity index (χ4v) is 8.12. The van der Waals surface area contributed by atoms with Crippen molar-refractivity contribution < 1.29 is 61.9 Å². The second-order valence-corrected chi connectivity index (χ2v) is 19.2. The number of carbonyl (C=O) groups is 6. The topological polar surface area (TPSA) is 174 Å². The summed E-state index contributed by atoms with van der Waals surface area (Å²) in [5, 5.41) is 0. The summed E-state index contributed by atoms with van der Waals surface area (Å²) in [4.78, 5) is 78.5. The van der Waals surface area contributed by atoms with Crippen molar-refractivity contribution in [3.63, 3.8) is 0 Å². The van der Waals surface area contributed by atoms with Gasteiger partial charge in [0, 0.05) is 45.6 Å². The third-order valence-corrected chi connectivity index (χ3v) is 12.9. The summed E-state index contributed by atoms with van der Waals surface area (Å²) in [6, 6.07) is 40.6. The number of likely N-dealkylation sites (N-methyl/N-ethyl adjacent to an activating group) is 1. The first-order valence-corrected chi connectivity index (χ1v) is 27.1. The second kappa shape index (κ2) is 32.6. The van der Waals surface area contributed by atoms with E-state index in [9.17, 15) is 28.8 Å². The molecule has 1 heterocycles. The molecule has 1 aliphatic rings. The number of ether oxygens (including phenoxy) is 7. The summed E-state index contributed by atoms with van der Waals surface area (Å²) in [5.74, 6) is -1.33. The molecule has 15 heteroatoms. The molecule has 0 unspecified atom stereocenters. The summed E-state index contributed by atoms with van der Waals surface area (Å²) in [6.45, 7) is 9.12. The Morgan fingerprint density at radius 1 is 0.418 bits per heavy atom. The maximum Gasteiger partial charge on any atom is 0.343 e. The van der Waals surface area contributed by atoms with Crippen LogP contribution in [0.1, 0.15) is 130 Å². The van der Waals surface area contributed by atoms with Crippen LogP contribution in [-0.2, 0) is 25.5 Å². The molecule has 15 nitrogen and oxygen atoms in total. The average molecular weight is 1080 g/mol. The van der Waals surface area contributed by atoms with E-state index in [1.807, 2.05) is 43.3 Å². The molecule has 1 fully saturated rings. The van der Waals surface area contributed by atoms with Crippen LogP contribution in [0.5, 0.6) is 28.7 Å². The highest BCUT2D eigenvalue weighted by Crippen LogP contribution is 2.24. The van der Waals surface area contributed by atoms with Gasteiger partial charge in [-0.1, -0.05) is 68.9 Å². The molecule has 0 amide bonds. The Morgan fingerprint density at radius 2 is 0.797 bits per heavy atom. The Bertz CT molecular complexity index is 2840. The molecule has 0 radical (unpaired) electrons. The van der Waals surface area contributed by atoms with Crippen LogP contribution >= 0.6 is 0 Å². The lowest BCUT2D eigenvalue weighted by Crippen LogP contribution is -2.44. The van der Waals surface area contributed by atoms with E-state index in [4.69, 9.17) is 33.2 Å². The number of benzene rings is 6. The molecular weight excluding hydrogens is 1000 g/mol. The van der Waals surface area contributed by atoms with Gasteiger partial charge in [0.1, 0.15) is 28.7 Å². The highest BCUT2D eigenvalue weighted by atomic mass is 16.6. The monoisotopic (exact) mass is 1080 g/mol. The van der Waals surface area contributed by atoms with Crippen molar-refractivity contribution in [2.75, 3.05) is 58.5 Å². The minimum Gasteiger partial charge on any atom is -0.466 e. The van der Waals surface area contributed by atoms with E-state index < -0.39 is 35.8 Å². The number of hydrogen-bond donors (Lipinski definition) is 0. The summed E-state index contributed by atoms with van der Waals surface area (Å²) >= 11 is 0. The van der Waals surface area contributed by atoms with E-state index in [1.165, 1.54) is 86.2 Å². The summed E-state index contributed by atoms with van der Waals surface area (Å²) in [7, 11) is 3.78. The van der Waals surface area contributed by atoms with Crippen LogP contribution in [-0.4, -0.2) is 94.3 Å². The molecule has 0 saturated carbocycles. The van der Waals surface area contributed by atoms with E-state index in [0.717, 1.165) is 76.1 Å². The van der Waals surface area contributed by atoms with Crippen LogP contribution in [0.4, 0.5) is 5.69 Å². The largest absolute Gasteiger partial charge is 0.466 e. The van der Waals surface area contributed by atoms with Crippen LogP contribution in [0.2, 0.25) is 0 Å². The van der Waals surface area contributed by atoms with Gasteiger partial charge in [-0.3, -0.25) is 9.59 Å². The van der Waals surface area contributed by atoms with E-state index in [2.05, 4.69) is 23.8 Å². The molecule has 6 aromatic carbocycles. The third kappa shape index (κ3) is 21.3. The highest BCUT2D eigenvalue weighted by molar-refractivity contribution is 5.93. The lowest BCUT2D eigenvalue weighted by atomic mass is 10.0. The minimum atomic E-state index is -0.625. The van der Waals surface area contributed by atoms with Gasteiger partial charge in [-0.15, -0.1) is 0 Å². The number of anilines is 1. The first-order chi connectivity index (χ1) is 38.3. The Balaban J connectivity index is 0.000000274. The molecule has 0 N–H and O–H groups in total. The van der Waals surface area contributed by atoms with Crippen LogP contribution in [0.3, 0.4) is 0 Å². The van der Waals surface area contributed by atoms with Gasteiger partial charge in [0.05, 0.1) is 41.7 Å². The zero-order chi connectivity index (χ0) is 56.2. The molecule has 0 spiro atoms. The zero-order valence-corrected chi connectivity index (χ0v) is 45.8. The molecule has 416 valence electrons. The first kappa shape index (κ1) is 60.1. The number of unbranched alkanes of at least 4 members (excludes halogenated alkanes) is 7. The molecule has 1 aliphatic heterocycles. The maximum absolute atomic E-state index is 12.7. The molecule has 0 bridgehead atoms. The fourth-order valence-electron chi connectivity index (χ4n) is 8.12. The summed E-state index contributed by atoms with van der Waals surface area (Å²) in [6.07, 6.45) is 10.8. The summed E-state index contributed by atoms with van der Waals surface area (Å²) in [5.41, 5.74) is 4.93. The number of piperazine rings is 1. The van der Waals surface area contributed by atoms with Gasteiger partial charge < -0.3 is 43.0 Å². The number of esters is 6. The predicted molar refractivity (Wildman–Crippen MR) is 302 cm³/mol. The Kier molecular flexibility index (Phi) is 24.8. The van der Waals surface area contributed by atoms with Crippen LogP contribution in [0.15, 0.2) is 146 Å². The van der Waals surface area contributed by atoms with Gasteiger partial charge in [-0.05, 0) is 173 Å². The van der Waals surface area contributed by atoms with Gasteiger partial charge >= 0.3 is 35.8 Å². The third-order valence-electron chi connectivity index (χ3n) is 12.9. The number of rotatable bonds is 26.